The second-order valence-electron chi connectivity index (χ2n) is 6.15. The number of anilines is 1. The largest absolute Gasteiger partial charge is 0.382 e. The Balaban J connectivity index is 0.00000392. The summed E-state index contributed by atoms with van der Waals surface area (Å²) in [6.07, 6.45) is 1.59. The van der Waals surface area contributed by atoms with E-state index in [0.29, 0.717) is 45.4 Å². The lowest BCUT2D eigenvalue weighted by Gasteiger charge is -2.20. The molecule has 1 heterocycles. The molecule has 0 bridgehead atoms. The fourth-order valence-corrected chi connectivity index (χ4v) is 4.28. The number of hydrogen-bond acceptors (Lipinski definition) is 5. The van der Waals surface area contributed by atoms with Crippen molar-refractivity contribution in [2.24, 2.45) is 4.99 Å². The first-order valence-corrected chi connectivity index (χ1v) is 10.8. The summed E-state index contributed by atoms with van der Waals surface area (Å²) in [4.78, 5) is 4.11. The highest BCUT2D eigenvalue weighted by Gasteiger charge is 2.28. The van der Waals surface area contributed by atoms with Gasteiger partial charge in [0.1, 0.15) is 0 Å². The lowest BCUT2D eigenvalue weighted by atomic mass is 10.2. The lowest BCUT2D eigenvalue weighted by molar-refractivity contribution is 0.0698. The number of nitrogens with one attached hydrogen (secondary N) is 2. The molecule has 0 aromatic heterocycles. The first kappa shape index (κ1) is 24.9. The molecule has 0 amide bonds. The van der Waals surface area contributed by atoms with Crippen LogP contribution in [0.5, 0.6) is 0 Å². The molecule has 1 aliphatic rings. The molecule has 1 aromatic rings. The summed E-state index contributed by atoms with van der Waals surface area (Å²) < 4.78 is 37.1. The van der Waals surface area contributed by atoms with E-state index in [1.165, 1.54) is 4.31 Å². The fourth-order valence-electron chi connectivity index (χ4n) is 2.85. The van der Waals surface area contributed by atoms with Gasteiger partial charge in [-0.1, -0.05) is 18.2 Å². The van der Waals surface area contributed by atoms with Crippen LogP contribution < -0.4 is 14.9 Å². The Morgan fingerprint density at radius 3 is 2.68 bits per heavy atom. The van der Waals surface area contributed by atoms with Gasteiger partial charge in [0.2, 0.25) is 10.0 Å². The summed E-state index contributed by atoms with van der Waals surface area (Å²) in [6.45, 7) is 3.31. The van der Waals surface area contributed by atoms with Crippen molar-refractivity contribution in [1.82, 2.24) is 10.6 Å². The molecule has 28 heavy (non-hydrogen) atoms. The smallest absolute Gasteiger partial charge is 0.236 e. The molecule has 0 aliphatic carbocycles. The van der Waals surface area contributed by atoms with E-state index in [9.17, 15) is 8.42 Å². The van der Waals surface area contributed by atoms with Gasteiger partial charge in [0.15, 0.2) is 5.96 Å². The van der Waals surface area contributed by atoms with E-state index in [4.69, 9.17) is 9.47 Å². The molecule has 10 heteroatoms. The Morgan fingerprint density at radius 2 is 1.93 bits per heavy atom. The standard InChI is InChI=1S/C18H30N4O4S.HI/c1-19-18(20-9-5-12-26-14-13-25-2)21-10-15-27(23,24)22-11-8-16-6-3-4-7-17(16)22;/h3-4,6-7H,5,8-15H2,1-2H3,(H2,19,20,21);1H. The Morgan fingerprint density at radius 1 is 1.18 bits per heavy atom. The average molecular weight is 526 g/mol. The van der Waals surface area contributed by atoms with Crippen molar-refractivity contribution >= 4 is 45.6 Å². The van der Waals surface area contributed by atoms with Gasteiger partial charge < -0.3 is 20.1 Å². The minimum Gasteiger partial charge on any atom is -0.382 e. The van der Waals surface area contributed by atoms with Gasteiger partial charge in [-0.2, -0.15) is 0 Å². The van der Waals surface area contributed by atoms with Gasteiger partial charge in [0, 0.05) is 40.4 Å². The Kier molecular flexibility index (Phi) is 11.7. The van der Waals surface area contributed by atoms with Crippen LogP contribution in [0.25, 0.3) is 0 Å². The van der Waals surface area contributed by atoms with Crippen LogP contribution in [0.1, 0.15) is 12.0 Å². The highest BCUT2D eigenvalue weighted by molar-refractivity contribution is 14.0. The molecule has 2 N–H and O–H groups in total. The second kappa shape index (κ2) is 13.2. The van der Waals surface area contributed by atoms with Crippen molar-refractivity contribution in [2.75, 3.05) is 63.7 Å². The quantitative estimate of drug-likeness (QED) is 0.195. The number of halogens is 1. The van der Waals surface area contributed by atoms with E-state index in [1.807, 2.05) is 24.3 Å². The fraction of sp³-hybridized carbons (Fsp3) is 0.611. The molecule has 0 saturated heterocycles. The summed E-state index contributed by atoms with van der Waals surface area (Å²) in [7, 11) is -0.0546. The number of fused-ring (bicyclic) bond motifs is 1. The van der Waals surface area contributed by atoms with E-state index in [-0.39, 0.29) is 29.7 Å². The SMILES string of the molecule is CN=C(NCCCOCCOC)NCCS(=O)(=O)N1CCc2ccccc21.I. The summed E-state index contributed by atoms with van der Waals surface area (Å²) >= 11 is 0. The van der Waals surface area contributed by atoms with Crippen molar-refractivity contribution in [2.45, 2.75) is 12.8 Å². The third kappa shape index (κ3) is 7.72. The van der Waals surface area contributed by atoms with Gasteiger partial charge in [-0.05, 0) is 24.5 Å². The normalized spacial score (nSPS) is 13.8. The molecular formula is C18H31IN4O4S. The number of nitrogens with zero attached hydrogens (tertiary/aromatic N) is 2. The van der Waals surface area contributed by atoms with Gasteiger partial charge in [0.25, 0.3) is 0 Å². The van der Waals surface area contributed by atoms with Crippen LogP contribution in [0, 0.1) is 0 Å². The van der Waals surface area contributed by atoms with Gasteiger partial charge in [-0.15, -0.1) is 24.0 Å². The Hall–Kier alpha value is -1.11. The number of hydrogen-bond donors (Lipinski definition) is 2. The van der Waals surface area contributed by atoms with Crippen molar-refractivity contribution in [3.63, 3.8) is 0 Å². The van der Waals surface area contributed by atoms with E-state index in [2.05, 4.69) is 15.6 Å². The third-order valence-electron chi connectivity index (χ3n) is 4.25. The first-order valence-electron chi connectivity index (χ1n) is 9.18. The van der Waals surface area contributed by atoms with Gasteiger partial charge in [0.05, 0.1) is 24.7 Å². The predicted octanol–water partition coefficient (Wildman–Crippen LogP) is 1.22. The van der Waals surface area contributed by atoms with Crippen LogP contribution in [0.4, 0.5) is 5.69 Å². The maximum atomic E-state index is 12.6. The number of benzene rings is 1. The van der Waals surface area contributed by atoms with Crippen LogP contribution in [-0.4, -0.2) is 73.7 Å². The zero-order valence-corrected chi connectivity index (χ0v) is 19.7. The molecule has 160 valence electrons. The maximum Gasteiger partial charge on any atom is 0.236 e. The molecule has 0 atom stereocenters. The second-order valence-corrected chi connectivity index (χ2v) is 8.16. The Labute approximate surface area is 185 Å². The minimum atomic E-state index is -3.36. The van der Waals surface area contributed by atoms with Gasteiger partial charge in [-0.3, -0.25) is 9.30 Å². The summed E-state index contributed by atoms with van der Waals surface area (Å²) in [6, 6.07) is 7.65. The third-order valence-corrected chi connectivity index (χ3v) is 6.02. The van der Waals surface area contributed by atoms with Crippen LogP contribution in [0.2, 0.25) is 0 Å². The monoisotopic (exact) mass is 526 g/mol. The number of rotatable bonds is 11. The average Bonchev–Trinajstić information content (AvgIpc) is 3.11. The van der Waals surface area contributed by atoms with E-state index >= 15 is 0 Å². The predicted molar refractivity (Wildman–Crippen MR) is 123 cm³/mol. The van der Waals surface area contributed by atoms with Crippen molar-refractivity contribution in [3.05, 3.63) is 29.8 Å². The zero-order valence-electron chi connectivity index (χ0n) is 16.5. The van der Waals surface area contributed by atoms with Gasteiger partial charge >= 0.3 is 0 Å². The minimum absolute atomic E-state index is 0. The van der Waals surface area contributed by atoms with Crippen LogP contribution in [-0.2, 0) is 25.9 Å². The number of sulfonamides is 1. The molecule has 0 radical (unpaired) electrons. The summed E-state index contributed by atoms with van der Waals surface area (Å²) in [5.41, 5.74) is 1.88. The van der Waals surface area contributed by atoms with Crippen LogP contribution in [0.3, 0.4) is 0 Å². The Bertz CT molecular complexity index is 715. The molecule has 2 rings (SSSR count). The van der Waals surface area contributed by atoms with Crippen molar-refractivity contribution < 1.29 is 17.9 Å². The molecule has 0 saturated carbocycles. The van der Waals surface area contributed by atoms with Crippen LogP contribution >= 0.6 is 24.0 Å². The summed E-state index contributed by atoms with van der Waals surface area (Å²) in [5, 5.41) is 6.21. The molecule has 0 fully saturated rings. The van der Waals surface area contributed by atoms with Crippen molar-refractivity contribution in [3.8, 4) is 0 Å². The maximum absolute atomic E-state index is 12.6. The molecule has 1 aromatic carbocycles. The van der Waals surface area contributed by atoms with Gasteiger partial charge in [-0.25, -0.2) is 8.42 Å². The number of ether oxygens (including phenoxy) is 2. The zero-order chi connectivity index (χ0) is 19.5. The summed E-state index contributed by atoms with van der Waals surface area (Å²) in [5.74, 6) is 0.603. The molecule has 0 unspecified atom stereocenters. The highest BCUT2D eigenvalue weighted by atomic mass is 127. The molecule has 1 aliphatic heterocycles. The van der Waals surface area contributed by atoms with Crippen LogP contribution in [0.15, 0.2) is 29.3 Å². The van der Waals surface area contributed by atoms with E-state index in [1.54, 1.807) is 14.2 Å². The topological polar surface area (TPSA) is 92.3 Å². The number of para-hydroxylation sites is 1. The first-order chi connectivity index (χ1) is 13.1. The van der Waals surface area contributed by atoms with E-state index < -0.39 is 10.0 Å². The molecule has 8 nitrogen and oxygen atoms in total. The van der Waals surface area contributed by atoms with E-state index in [0.717, 1.165) is 24.1 Å². The molecule has 0 spiro atoms. The number of aliphatic imine (C=N–C) groups is 1. The van der Waals surface area contributed by atoms with Crippen molar-refractivity contribution in [1.29, 1.82) is 0 Å². The lowest BCUT2D eigenvalue weighted by Crippen LogP contribution is -2.42. The molecular weight excluding hydrogens is 495 g/mol. The number of guanidine groups is 1. The highest BCUT2D eigenvalue weighted by Crippen LogP contribution is 2.29. The number of methoxy groups -OCH3 is 1.